The molecule has 0 fully saturated rings. The molecule has 0 amide bonds. The molecular formula is C10H14N4O. The highest BCUT2D eigenvalue weighted by Gasteiger charge is 2.16. The molecular weight excluding hydrogens is 192 g/mol. The Hall–Kier alpha value is -1.65. The van der Waals surface area contributed by atoms with Crippen LogP contribution in [0.1, 0.15) is 31.2 Å². The van der Waals surface area contributed by atoms with E-state index in [1.54, 1.807) is 10.9 Å². The predicted octanol–water partition coefficient (Wildman–Crippen LogP) is 1.90. The van der Waals surface area contributed by atoms with Gasteiger partial charge < -0.3 is 4.42 Å². The Morgan fingerprint density at radius 1 is 1.33 bits per heavy atom. The monoisotopic (exact) mass is 206 g/mol. The molecule has 0 aliphatic rings. The van der Waals surface area contributed by atoms with Crippen LogP contribution in [0.15, 0.2) is 10.6 Å². The second kappa shape index (κ2) is 3.49. The molecule has 2 heterocycles. The van der Waals surface area contributed by atoms with Crippen molar-refractivity contribution in [1.82, 2.24) is 20.0 Å². The van der Waals surface area contributed by atoms with Crippen LogP contribution in [0.5, 0.6) is 0 Å². The van der Waals surface area contributed by atoms with Crippen LogP contribution in [0.25, 0.3) is 11.6 Å². The predicted molar refractivity (Wildman–Crippen MR) is 55.3 cm³/mol. The lowest BCUT2D eigenvalue weighted by Crippen LogP contribution is -1.94. The zero-order valence-electron chi connectivity index (χ0n) is 9.35. The molecule has 0 atom stereocenters. The van der Waals surface area contributed by atoms with Crippen LogP contribution in [0.3, 0.4) is 0 Å². The Kier molecular flexibility index (Phi) is 2.30. The van der Waals surface area contributed by atoms with Gasteiger partial charge in [0.2, 0.25) is 5.89 Å². The van der Waals surface area contributed by atoms with Gasteiger partial charge in [-0.05, 0) is 12.5 Å². The van der Waals surface area contributed by atoms with Crippen molar-refractivity contribution in [3.8, 4) is 11.6 Å². The lowest BCUT2D eigenvalue weighted by molar-refractivity contribution is 0.477. The molecule has 0 aliphatic heterocycles. The minimum absolute atomic E-state index is 0.250. The standard InChI is InChI=1S/C10H14N4O/c1-6(2)9-12-13-10(15-9)8-7(3)5-11-14(8)4/h5-6H,1-4H3. The quantitative estimate of drug-likeness (QED) is 0.753. The van der Waals surface area contributed by atoms with Gasteiger partial charge in [-0.15, -0.1) is 10.2 Å². The Labute approximate surface area is 88.1 Å². The Bertz CT molecular complexity index is 450. The second-order valence-corrected chi connectivity index (χ2v) is 3.90. The molecule has 2 aromatic rings. The largest absolute Gasteiger partial charge is 0.419 e. The number of aromatic nitrogens is 4. The molecule has 0 aliphatic carbocycles. The summed E-state index contributed by atoms with van der Waals surface area (Å²) >= 11 is 0. The Morgan fingerprint density at radius 2 is 2.07 bits per heavy atom. The van der Waals surface area contributed by atoms with E-state index in [1.165, 1.54) is 0 Å². The molecule has 80 valence electrons. The van der Waals surface area contributed by atoms with Gasteiger partial charge in [0.25, 0.3) is 5.89 Å². The fourth-order valence-electron chi connectivity index (χ4n) is 1.42. The van der Waals surface area contributed by atoms with Crippen molar-refractivity contribution in [2.24, 2.45) is 7.05 Å². The van der Waals surface area contributed by atoms with Crippen LogP contribution in [0, 0.1) is 6.92 Å². The summed E-state index contributed by atoms with van der Waals surface area (Å²) in [6, 6.07) is 0. The van der Waals surface area contributed by atoms with Gasteiger partial charge in [-0.25, -0.2) is 0 Å². The molecule has 2 aromatic heterocycles. The SMILES string of the molecule is Cc1cnn(C)c1-c1nnc(C(C)C)o1. The van der Waals surface area contributed by atoms with Gasteiger partial charge in [-0.1, -0.05) is 13.8 Å². The maximum atomic E-state index is 5.57. The first-order chi connectivity index (χ1) is 7.09. The number of rotatable bonds is 2. The lowest BCUT2D eigenvalue weighted by Gasteiger charge is -1.97. The highest BCUT2D eigenvalue weighted by molar-refractivity contribution is 5.51. The molecule has 0 bridgehead atoms. The zero-order chi connectivity index (χ0) is 11.0. The molecule has 0 radical (unpaired) electrons. The van der Waals surface area contributed by atoms with Crippen molar-refractivity contribution in [2.75, 3.05) is 0 Å². The van der Waals surface area contributed by atoms with Gasteiger partial charge in [0.15, 0.2) is 0 Å². The van der Waals surface area contributed by atoms with E-state index in [2.05, 4.69) is 15.3 Å². The van der Waals surface area contributed by atoms with Crippen molar-refractivity contribution in [1.29, 1.82) is 0 Å². The van der Waals surface area contributed by atoms with Crippen LogP contribution in [0.4, 0.5) is 0 Å². The summed E-state index contributed by atoms with van der Waals surface area (Å²) in [5.74, 6) is 1.45. The highest BCUT2D eigenvalue weighted by atomic mass is 16.4. The fourth-order valence-corrected chi connectivity index (χ4v) is 1.42. The third-order valence-electron chi connectivity index (χ3n) is 2.26. The summed E-state index contributed by atoms with van der Waals surface area (Å²) in [7, 11) is 1.86. The number of aryl methyl sites for hydroxylation is 2. The minimum atomic E-state index is 0.250. The van der Waals surface area contributed by atoms with Gasteiger partial charge in [0.05, 0.1) is 6.20 Å². The van der Waals surface area contributed by atoms with Gasteiger partial charge in [-0.3, -0.25) is 4.68 Å². The maximum absolute atomic E-state index is 5.57. The fraction of sp³-hybridized carbons (Fsp3) is 0.500. The van der Waals surface area contributed by atoms with Crippen LogP contribution in [-0.4, -0.2) is 20.0 Å². The van der Waals surface area contributed by atoms with Crippen molar-refractivity contribution < 1.29 is 4.42 Å². The first-order valence-corrected chi connectivity index (χ1v) is 4.92. The summed E-state index contributed by atoms with van der Waals surface area (Å²) in [6.45, 7) is 6.02. The van der Waals surface area contributed by atoms with Crippen molar-refractivity contribution >= 4 is 0 Å². The normalized spacial score (nSPS) is 11.3. The molecule has 0 spiro atoms. The lowest BCUT2D eigenvalue weighted by atomic mass is 10.2. The van der Waals surface area contributed by atoms with E-state index in [1.807, 2.05) is 27.8 Å². The van der Waals surface area contributed by atoms with Gasteiger partial charge >= 0.3 is 0 Å². The molecule has 0 saturated carbocycles. The average molecular weight is 206 g/mol. The summed E-state index contributed by atoms with van der Waals surface area (Å²) in [4.78, 5) is 0. The molecule has 0 saturated heterocycles. The summed E-state index contributed by atoms with van der Waals surface area (Å²) in [5, 5.41) is 12.2. The molecule has 5 nitrogen and oxygen atoms in total. The minimum Gasteiger partial charge on any atom is -0.419 e. The summed E-state index contributed by atoms with van der Waals surface area (Å²) in [6.07, 6.45) is 1.79. The maximum Gasteiger partial charge on any atom is 0.266 e. The Morgan fingerprint density at radius 3 is 2.53 bits per heavy atom. The van der Waals surface area contributed by atoms with E-state index in [4.69, 9.17) is 4.42 Å². The zero-order valence-corrected chi connectivity index (χ0v) is 9.35. The van der Waals surface area contributed by atoms with Crippen LogP contribution in [-0.2, 0) is 7.05 Å². The van der Waals surface area contributed by atoms with Crippen molar-refractivity contribution in [3.63, 3.8) is 0 Å². The van der Waals surface area contributed by atoms with Gasteiger partial charge in [0, 0.05) is 13.0 Å². The molecule has 5 heteroatoms. The van der Waals surface area contributed by atoms with Crippen molar-refractivity contribution in [2.45, 2.75) is 26.7 Å². The smallest absolute Gasteiger partial charge is 0.266 e. The first kappa shape index (κ1) is 9.89. The third kappa shape index (κ3) is 1.65. The number of hydrogen-bond acceptors (Lipinski definition) is 4. The molecule has 0 aromatic carbocycles. The van der Waals surface area contributed by atoms with Crippen LogP contribution >= 0.6 is 0 Å². The van der Waals surface area contributed by atoms with Crippen LogP contribution in [0.2, 0.25) is 0 Å². The van der Waals surface area contributed by atoms with Gasteiger partial charge in [-0.2, -0.15) is 5.10 Å². The molecule has 0 N–H and O–H groups in total. The van der Waals surface area contributed by atoms with Crippen LogP contribution < -0.4 is 0 Å². The molecule has 15 heavy (non-hydrogen) atoms. The third-order valence-corrected chi connectivity index (χ3v) is 2.26. The van der Waals surface area contributed by atoms with Gasteiger partial charge in [0.1, 0.15) is 5.69 Å². The molecule has 0 unspecified atom stereocenters. The molecule has 2 rings (SSSR count). The van der Waals surface area contributed by atoms with E-state index in [0.717, 1.165) is 11.3 Å². The van der Waals surface area contributed by atoms with E-state index in [-0.39, 0.29) is 5.92 Å². The average Bonchev–Trinajstić information content (AvgIpc) is 2.73. The van der Waals surface area contributed by atoms with E-state index in [9.17, 15) is 0 Å². The van der Waals surface area contributed by atoms with E-state index in [0.29, 0.717) is 11.8 Å². The second-order valence-electron chi connectivity index (χ2n) is 3.90. The van der Waals surface area contributed by atoms with E-state index < -0.39 is 0 Å². The van der Waals surface area contributed by atoms with Crippen molar-refractivity contribution in [3.05, 3.63) is 17.7 Å². The number of nitrogens with zero attached hydrogens (tertiary/aromatic N) is 4. The summed E-state index contributed by atoms with van der Waals surface area (Å²) < 4.78 is 7.31. The summed E-state index contributed by atoms with van der Waals surface area (Å²) in [5.41, 5.74) is 1.92. The van der Waals surface area contributed by atoms with E-state index >= 15 is 0 Å². The highest BCUT2D eigenvalue weighted by Crippen LogP contribution is 2.23. The topological polar surface area (TPSA) is 56.7 Å². The Balaban J connectivity index is 2.46. The first-order valence-electron chi connectivity index (χ1n) is 4.92. The number of hydrogen-bond donors (Lipinski definition) is 0.